The molecular weight excluding hydrogens is 266 g/mol. The molecule has 1 heterocycles. The lowest BCUT2D eigenvalue weighted by atomic mass is 9.85. The highest BCUT2D eigenvalue weighted by Crippen LogP contribution is 2.25. The molecule has 1 aromatic carbocycles. The predicted molar refractivity (Wildman–Crippen MR) is 83.0 cm³/mol. The van der Waals surface area contributed by atoms with Gasteiger partial charge in [0.2, 0.25) is 0 Å². The number of benzene rings is 1. The molecule has 0 radical (unpaired) electrons. The lowest BCUT2D eigenvalue weighted by Gasteiger charge is -2.30. The molecular formula is C16H21N3O2. The second-order valence-electron chi connectivity index (χ2n) is 5.81. The number of aromatic amines is 1. The van der Waals surface area contributed by atoms with E-state index in [2.05, 4.69) is 10.3 Å². The van der Waals surface area contributed by atoms with Gasteiger partial charge in [-0.15, -0.1) is 0 Å². The second-order valence-corrected chi connectivity index (χ2v) is 5.81. The number of fused-ring (bicyclic) bond motifs is 1. The van der Waals surface area contributed by atoms with Gasteiger partial charge in [-0.1, -0.05) is 12.8 Å². The van der Waals surface area contributed by atoms with E-state index in [1.807, 2.05) is 18.2 Å². The summed E-state index contributed by atoms with van der Waals surface area (Å²) < 4.78 is 0. The third-order valence-corrected chi connectivity index (χ3v) is 4.41. The van der Waals surface area contributed by atoms with Gasteiger partial charge in [0, 0.05) is 41.4 Å². The number of amides is 1. The average Bonchev–Trinajstić information content (AvgIpc) is 2.90. The van der Waals surface area contributed by atoms with E-state index < -0.39 is 0 Å². The van der Waals surface area contributed by atoms with Crippen LogP contribution < -0.4 is 11.1 Å². The molecule has 1 amide bonds. The first kappa shape index (κ1) is 13.9. The first-order valence-corrected chi connectivity index (χ1v) is 7.47. The fourth-order valence-electron chi connectivity index (χ4n) is 3.19. The van der Waals surface area contributed by atoms with Gasteiger partial charge in [-0.2, -0.15) is 0 Å². The Morgan fingerprint density at radius 1 is 1.38 bits per heavy atom. The molecule has 21 heavy (non-hydrogen) atoms. The number of nitrogen functional groups attached to an aromatic ring is 1. The number of aliphatic hydroxyl groups excluding tert-OH is 1. The standard InChI is InChI=1S/C16H21N3O2/c17-11-5-6-15-12(7-11)13(8-18-15)16(21)19-14-4-2-1-3-10(14)9-20/h5-8,10,14,18,20H,1-4,9,17H2,(H,19,21). The first-order valence-electron chi connectivity index (χ1n) is 7.47. The average molecular weight is 287 g/mol. The summed E-state index contributed by atoms with van der Waals surface area (Å²) in [6.07, 6.45) is 5.85. The number of aliphatic hydroxyl groups is 1. The highest BCUT2D eigenvalue weighted by atomic mass is 16.3. The lowest BCUT2D eigenvalue weighted by Crippen LogP contribution is -2.43. The van der Waals surface area contributed by atoms with Crippen molar-refractivity contribution in [3.05, 3.63) is 30.0 Å². The number of nitrogens with one attached hydrogen (secondary N) is 2. The van der Waals surface area contributed by atoms with Crippen molar-refractivity contribution in [3.8, 4) is 0 Å². The van der Waals surface area contributed by atoms with Gasteiger partial charge in [-0.3, -0.25) is 4.79 Å². The molecule has 5 N–H and O–H groups in total. The molecule has 5 heteroatoms. The molecule has 1 aliphatic carbocycles. The highest BCUT2D eigenvalue weighted by Gasteiger charge is 2.26. The number of carbonyl (C=O) groups is 1. The summed E-state index contributed by atoms with van der Waals surface area (Å²) in [5.74, 6) is 0.0650. The molecule has 1 aliphatic rings. The maximum absolute atomic E-state index is 12.5. The molecule has 1 aromatic heterocycles. The topological polar surface area (TPSA) is 91.1 Å². The van der Waals surface area contributed by atoms with Crippen molar-refractivity contribution in [1.29, 1.82) is 0 Å². The fourth-order valence-corrected chi connectivity index (χ4v) is 3.19. The van der Waals surface area contributed by atoms with Crippen LogP contribution in [0.4, 0.5) is 5.69 Å². The second kappa shape index (κ2) is 5.77. The van der Waals surface area contributed by atoms with Crippen LogP contribution >= 0.6 is 0 Å². The van der Waals surface area contributed by atoms with Crippen LogP contribution in [0.5, 0.6) is 0 Å². The molecule has 0 bridgehead atoms. The minimum absolute atomic E-state index is 0.0576. The quantitative estimate of drug-likeness (QED) is 0.651. The van der Waals surface area contributed by atoms with Gasteiger partial charge in [-0.05, 0) is 31.0 Å². The van der Waals surface area contributed by atoms with E-state index in [-0.39, 0.29) is 24.5 Å². The van der Waals surface area contributed by atoms with Crippen LogP contribution in [-0.4, -0.2) is 28.6 Å². The summed E-state index contributed by atoms with van der Waals surface area (Å²) in [4.78, 5) is 15.6. The van der Waals surface area contributed by atoms with Crippen molar-refractivity contribution in [1.82, 2.24) is 10.3 Å². The zero-order valence-corrected chi connectivity index (χ0v) is 11.9. The number of nitrogens with two attached hydrogens (primary N) is 1. The van der Waals surface area contributed by atoms with E-state index >= 15 is 0 Å². The molecule has 0 aliphatic heterocycles. The molecule has 5 nitrogen and oxygen atoms in total. The van der Waals surface area contributed by atoms with E-state index in [4.69, 9.17) is 5.73 Å². The van der Waals surface area contributed by atoms with Gasteiger partial charge >= 0.3 is 0 Å². The summed E-state index contributed by atoms with van der Waals surface area (Å²) in [5, 5.41) is 13.4. The Hall–Kier alpha value is -2.01. The molecule has 2 unspecified atom stereocenters. The zero-order chi connectivity index (χ0) is 14.8. The largest absolute Gasteiger partial charge is 0.399 e. The van der Waals surface area contributed by atoms with Crippen molar-refractivity contribution in [2.45, 2.75) is 31.7 Å². The van der Waals surface area contributed by atoms with Crippen molar-refractivity contribution >= 4 is 22.5 Å². The number of rotatable bonds is 3. The van der Waals surface area contributed by atoms with Gasteiger partial charge in [-0.25, -0.2) is 0 Å². The van der Waals surface area contributed by atoms with Crippen LogP contribution in [0.3, 0.4) is 0 Å². The van der Waals surface area contributed by atoms with Crippen molar-refractivity contribution in [2.75, 3.05) is 12.3 Å². The van der Waals surface area contributed by atoms with Gasteiger partial charge < -0.3 is 21.1 Å². The Morgan fingerprint density at radius 2 is 2.19 bits per heavy atom. The van der Waals surface area contributed by atoms with E-state index in [0.29, 0.717) is 11.3 Å². The van der Waals surface area contributed by atoms with E-state index in [1.54, 1.807) is 6.20 Å². The molecule has 1 saturated carbocycles. The number of hydrogen-bond donors (Lipinski definition) is 4. The number of hydrogen-bond acceptors (Lipinski definition) is 3. The molecule has 2 atom stereocenters. The monoisotopic (exact) mass is 287 g/mol. The van der Waals surface area contributed by atoms with Crippen LogP contribution in [-0.2, 0) is 0 Å². The van der Waals surface area contributed by atoms with E-state index in [1.165, 1.54) is 0 Å². The summed E-state index contributed by atoms with van der Waals surface area (Å²) in [5.41, 5.74) is 7.95. The Kier molecular flexibility index (Phi) is 3.84. The summed E-state index contributed by atoms with van der Waals surface area (Å²) in [7, 11) is 0. The highest BCUT2D eigenvalue weighted by molar-refractivity contribution is 6.07. The molecule has 0 spiro atoms. The SMILES string of the molecule is Nc1ccc2[nH]cc(C(=O)NC3CCCCC3CO)c2c1. The predicted octanol–water partition coefficient (Wildman–Crippen LogP) is 2.03. The van der Waals surface area contributed by atoms with Crippen LogP contribution in [0.25, 0.3) is 10.9 Å². The minimum atomic E-state index is -0.0998. The third-order valence-electron chi connectivity index (χ3n) is 4.41. The molecule has 0 saturated heterocycles. The summed E-state index contributed by atoms with van der Waals surface area (Å²) >= 11 is 0. The Labute approximate surface area is 123 Å². The minimum Gasteiger partial charge on any atom is -0.399 e. The third kappa shape index (κ3) is 2.74. The fraction of sp³-hybridized carbons (Fsp3) is 0.438. The Morgan fingerprint density at radius 3 is 3.00 bits per heavy atom. The molecule has 3 rings (SSSR count). The number of carbonyl (C=O) groups excluding carboxylic acids is 1. The zero-order valence-electron chi connectivity index (χ0n) is 11.9. The van der Waals surface area contributed by atoms with E-state index in [0.717, 1.165) is 36.6 Å². The van der Waals surface area contributed by atoms with Crippen molar-refractivity contribution in [2.24, 2.45) is 5.92 Å². The van der Waals surface area contributed by atoms with Crippen LogP contribution in [0.1, 0.15) is 36.0 Å². The van der Waals surface area contributed by atoms with Crippen LogP contribution in [0.2, 0.25) is 0 Å². The maximum atomic E-state index is 12.5. The van der Waals surface area contributed by atoms with Gasteiger partial charge in [0.1, 0.15) is 0 Å². The lowest BCUT2D eigenvalue weighted by molar-refractivity contribution is 0.0874. The van der Waals surface area contributed by atoms with Crippen molar-refractivity contribution in [3.63, 3.8) is 0 Å². The maximum Gasteiger partial charge on any atom is 0.253 e. The van der Waals surface area contributed by atoms with Gasteiger partial charge in [0.25, 0.3) is 5.91 Å². The number of aromatic nitrogens is 1. The van der Waals surface area contributed by atoms with Crippen LogP contribution in [0.15, 0.2) is 24.4 Å². The molecule has 2 aromatic rings. The Bertz CT molecular complexity index is 650. The molecule has 112 valence electrons. The smallest absolute Gasteiger partial charge is 0.253 e. The number of H-pyrrole nitrogens is 1. The van der Waals surface area contributed by atoms with Crippen LogP contribution in [0, 0.1) is 5.92 Å². The Balaban J connectivity index is 1.82. The summed E-state index contributed by atoms with van der Waals surface area (Å²) in [6.45, 7) is 0.131. The van der Waals surface area contributed by atoms with Gasteiger partial charge in [0.05, 0.1) is 5.56 Å². The summed E-state index contributed by atoms with van der Waals surface area (Å²) in [6, 6.07) is 5.55. The first-order chi connectivity index (χ1) is 10.2. The normalized spacial score (nSPS) is 22.3. The molecule has 1 fully saturated rings. The van der Waals surface area contributed by atoms with E-state index in [9.17, 15) is 9.90 Å². The van der Waals surface area contributed by atoms with Crippen molar-refractivity contribution < 1.29 is 9.90 Å². The van der Waals surface area contributed by atoms with Gasteiger partial charge in [0.15, 0.2) is 0 Å². The number of anilines is 1.